The molecule has 2 aromatic rings. The van der Waals surface area contributed by atoms with Gasteiger partial charge in [0.05, 0.1) is 25.2 Å². The molecule has 0 spiro atoms. The fourth-order valence-corrected chi connectivity index (χ4v) is 6.26. The second kappa shape index (κ2) is 10.1. The molecule has 3 aliphatic rings. The Balaban J connectivity index is 1.34. The molecule has 36 heavy (non-hydrogen) atoms. The molecule has 0 radical (unpaired) electrons. The van der Waals surface area contributed by atoms with Gasteiger partial charge in [-0.1, -0.05) is 55.7 Å². The third kappa shape index (κ3) is 4.41. The van der Waals surface area contributed by atoms with Crippen molar-refractivity contribution in [2.45, 2.75) is 50.1 Å². The van der Waals surface area contributed by atoms with Crippen molar-refractivity contribution < 1.29 is 19.5 Å². The Kier molecular flexibility index (Phi) is 6.84. The molecule has 2 saturated heterocycles. The van der Waals surface area contributed by atoms with Gasteiger partial charge in [-0.15, -0.1) is 0 Å². The van der Waals surface area contributed by atoms with E-state index in [4.69, 9.17) is 0 Å². The van der Waals surface area contributed by atoms with Crippen molar-refractivity contribution in [3.63, 3.8) is 0 Å². The van der Waals surface area contributed by atoms with Crippen molar-refractivity contribution in [3.8, 4) is 11.1 Å². The van der Waals surface area contributed by atoms with Gasteiger partial charge in [0, 0.05) is 38.0 Å². The molecule has 5 rings (SSSR count). The number of benzene rings is 2. The van der Waals surface area contributed by atoms with E-state index in [-0.39, 0.29) is 54.8 Å². The monoisotopic (exact) mass is 489 g/mol. The molecule has 3 amide bonds. The molecular formula is C29H35N3O4. The van der Waals surface area contributed by atoms with Crippen LogP contribution in [0.4, 0.5) is 0 Å². The Labute approximate surface area is 212 Å². The van der Waals surface area contributed by atoms with Crippen LogP contribution in [-0.4, -0.2) is 83.4 Å². The van der Waals surface area contributed by atoms with Crippen LogP contribution in [0.5, 0.6) is 0 Å². The van der Waals surface area contributed by atoms with Crippen LogP contribution < -0.4 is 0 Å². The predicted molar refractivity (Wildman–Crippen MR) is 137 cm³/mol. The minimum absolute atomic E-state index is 0.0170. The average Bonchev–Trinajstić information content (AvgIpc) is 2.89. The molecule has 3 fully saturated rings. The number of hydrogen-bond donors (Lipinski definition) is 1. The van der Waals surface area contributed by atoms with Crippen molar-refractivity contribution in [1.82, 2.24) is 14.7 Å². The van der Waals surface area contributed by atoms with Crippen LogP contribution in [0, 0.1) is 5.92 Å². The minimum atomic E-state index is -0.263. The lowest BCUT2D eigenvalue weighted by atomic mass is 9.73. The molecule has 2 heterocycles. The van der Waals surface area contributed by atoms with E-state index < -0.39 is 0 Å². The summed E-state index contributed by atoms with van der Waals surface area (Å²) in [6.45, 7) is 0.550. The second-order valence-electron chi connectivity index (χ2n) is 10.6. The average molecular weight is 490 g/mol. The van der Waals surface area contributed by atoms with E-state index >= 15 is 0 Å². The lowest BCUT2D eigenvalue weighted by Gasteiger charge is -2.59. The number of aliphatic hydroxyl groups is 1. The Morgan fingerprint density at radius 2 is 1.72 bits per heavy atom. The zero-order chi connectivity index (χ0) is 25.4. The number of carbonyl (C=O) groups is 3. The number of piperazine rings is 1. The highest BCUT2D eigenvalue weighted by atomic mass is 16.3. The summed E-state index contributed by atoms with van der Waals surface area (Å²) in [5.74, 6) is 0.0421. The third-order valence-electron chi connectivity index (χ3n) is 8.16. The summed E-state index contributed by atoms with van der Waals surface area (Å²) in [7, 11) is 3.48. The van der Waals surface area contributed by atoms with Gasteiger partial charge in [-0.3, -0.25) is 14.4 Å². The first kappa shape index (κ1) is 24.5. The molecule has 3 atom stereocenters. The molecule has 2 aromatic carbocycles. The number of carbonyl (C=O) groups excluding carboxylic acids is 3. The van der Waals surface area contributed by atoms with Gasteiger partial charge < -0.3 is 19.8 Å². The van der Waals surface area contributed by atoms with Gasteiger partial charge in [0.2, 0.25) is 11.8 Å². The SMILES string of the molecule is CN(C)C(=O)c1cccc(-c2ccc([C@@H]3[C@@H](CO)N4C(=O)CN(C(=O)C5CCCCC5)C[C@H]34)cc2)c1. The highest BCUT2D eigenvalue weighted by Gasteiger charge is 2.54. The predicted octanol–water partition coefficient (Wildman–Crippen LogP) is 3.13. The molecule has 7 heteroatoms. The lowest BCUT2D eigenvalue weighted by molar-refractivity contribution is -0.168. The number of nitrogens with zero attached hydrogens (tertiary/aromatic N) is 3. The van der Waals surface area contributed by atoms with E-state index in [0.717, 1.165) is 42.4 Å². The highest BCUT2D eigenvalue weighted by molar-refractivity contribution is 5.95. The van der Waals surface area contributed by atoms with Crippen LogP contribution in [0.3, 0.4) is 0 Å². The van der Waals surface area contributed by atoms with E-state index in [2.05, 4.69) is 0 Å². The van der Waals surface area contributed by atoms with E-state index in [1.807, 2.05) is 48.5 Å². The summed E-state index contributed by atoms with van der Waals surface area (Å²) in [5.41, 5.74) is 3.65. The fourth-order valence-electron chi connectivity index (χ4n) is 6.26. The minimum Gasteiger partial charge on any atom is -0.394 e. The normalized spacial score (nSPS) is 24.2. The maximum atomic E-state index is 13.2. The van der Waals surface area contributed by atoms with Gasteiger partial charge in [0.25, 0.3) is 5.91 Å². The molecule has 1 aliphatic carbocycles. The Hall–Kier alpha value is -3.19. The maximum absolute atomic E-state index is 13.2. The molecule has 1 saturated carbocycles. The van der Waals surface area contributed by atoms with Gasteiger partial charge in [0.1, 0.15) is 0 Å². The van der Waals surface area contributed by atoms with Gasteiger partial charge in [0.15, 0.2) is 0 Å². The van der Waals surface area contributed by atoms with E-state index in [9.17, 15) is 19.5 Å². The molecule has 0 aromatic heterocycles. The van der Waals surface area contributed by atoms with E-state index in [1.165, 1.54) is 6.42 Å². The zero-order valence-electron chi connectivity index (χ0n) is 21.1. The first-order valence-electron chi connectivity index (χ1n) is 13.0. The van der Waals surface area contributed by atoms with Crippen LogP contribution in [-0.2, 0) is 9.59 Å². The molecule has 7 nitrogen and oxygen atoms in total. The topological polar surface area (TPSA) is 81.2 Å². The molecule has 1 N–H and O–H groups in total. The summed E-state index contributed by atoms with van der Waals surface area (Å²) in [4.78, 5) is 43.6. The van der Waals surface area contributed by atoms with Crippen molar-refractivity contribution in [3.05, 3.63) is 59.7 Å². The molecule has 0 bridgehead atoms. The van der Waals surface area contributed by atoms with Gasteiger partial charge in [-0.25, -0.2) is 0 Å². The first-order chi connectivity index (χ1) is 17.4. The molecular weight excluding hydrogens is 454 g/mol. The number of amides is 3. The van der Waals surface area contributed by atoms with Gasteiger partial charge >= 0.3 is 0 Å². The highest BCUT2D eigenvalue weighted by Crippen LogP contribution is 2.43. The standard InChI is InChI=1S/C29H35N3O4/c1-30(2)28(35)23-10-6-9-22(15-23)19-11-13-20(14-12-19)27-24-16-31(17-26(34)32(24)25(27)18-33)29(36)21-7-4-3-5-8-21/h6,9-15,21,24-25,27,33H,3-5,7-8,16-18H2,1-2H3/t24-,25-,27+/m1/s1. The quantitative estimate of drug-likeness (QED) is 0.700. The maximum Gasteiger partial charge on any atom is 0.253 e. The van der Waals surface area contributed by atoms with Crippen LogP contribution in [0.1, 0.15) is 53.9 Å². The molecule has 190 valence electrons. The third-order valence-corrected chi connectivity index (χ3v) is 8.16. The Morgan fingerprint density at radius 3 is 2.39 bits per heavy atom. The summed E-state index contributed by atoms with van der Waals surface area (Å²) in [5, 5.41) is 10.1. The zero-order valence-corrected chi connectivity index (χ0v) is 21.1. The van der Waals surface area contributed by atoms with E-state index in [0.29, 0.717) is 12.1 Å². The molecule has 0 unspecified atom stereocenters. The number of fused-ring (bicyclic) bond motifs is 1. The van der Waals surface area contributed by atoms with Crippen LogP contribution >= 0.6 is 0 Å². The van der Waals surface area contributed by atoms with Gasteiger partial charge in [-0.2, -0.15) is 0 Å². The second-order valence-corrected chi connectivity index (χ2v) is 10.6. The van der Waals surface area contributed by atoms with Crippen molar-refractivity contribution in [2.24, 2.45) is 5.92 Å². The first-order valence-corrected chi connectivity index (χ1v) is 13.0. The van der Waals surface area contributed by atoms with Crippen LogP contribution in [0.2, 0.25) is 0 Å². The lowest BCUT2D eigenvalue weighted by Crippen LogP contribution is -2.73. The van der Waals surface area contributed by atoms with E-state index in [1.54, 1.807) is 28.8 Å². The summed E-state index contributed by atoms with van der Waals surface area (Å²) in [6, 6.07) is 15.4. The van der Waals surface area contributed by atoms with Crippen molar-refractivity contribution in [2.75, 3.05) is 33.8 Å². The van der Waals surface area contributed by atoms with Crippen LogP contribution in [0.15, 0.2) is 48.5 Å². The number of aliphatic hydroxyl groups excluding tert-OH is 1. The van der Waals surface area contributed by atoms with Crippen molar-refractivity contribution >= 4 is 17.7 Å². The van der Waals surface area contributed by atoms with Gasteiger partial charge in [-0.05, 0) is 41.7 Å². The Morgan fingerprint density at radius 1 is 1.00 bits per heavy atom. The largest absolute Gasteiger partial charge is 0.394 e. The Bertz CT molecular complexity index is 1140. The number of hydrogen-bond acceptors (Lipinski definition) is 4. The summed E-state index contributed by atoms with van der Waals surface area (Å²) in [6.07, 6.45) is 5.20. The number of rotatable bonds is 5. The fraction of sp³-hybridized carbons (Fsp3) is 0.483. The van der Waals surface area contributed by atoms with Crippen LogP contribution in [0.25, 0.3) is 11.1 Å². The smallest absolute Gasteiger partial charge is 0.253 e. The van der Waals surface area contributed by atoms with Crippen molar-refractivity contribution in [1.29, 1.82) is 0 Å². The summed E-state index contributed by atoms with van der Waals surface area (Å²) < 4.78 is 0. The summed E-state index contributed by atoms with van der Waals surface area (Å²) >= 11 is 0. The molecule has 2 aliphatic heterocycles.